The maximum Gasteiger partial charge on any atom is 0.00928 e. The fraction of sp³-hybridized carbons (Fsp3) is 1.00. The molecule has 0 N–H and O–H groups in total. The average molecular weight is 185 g/mol. The monoisotopic (exact) mass is 185 g/mol. The molecule has 0 fully saturated rings. The summed E-state index contributed by atoms with van der Waals surface area (Å²) in [5, 5.41) is 0. The molecular formula is C12H27N. The third kappa shape index (κ3) is 3.68. The van der Waals surface area contributed by atoms with Gasteiger partial charge in [-0.15, -0.1) is 0 Å². The van der Waals surface area contributed by atoms with Gasteiger partial charge in [0.25, 0.3) is 0 Å². The van der Waals surface area contributed by atoms with Crippen molar-refractivity contribution in [3.05, 3.63) is 0 Å². The predicted molar refractivity (Wildman–Crippen MR) is 61.1 cm³/mol. The molecule has 0 aromatic rings. The third-order valence-electron chi connectivity index (χ3n) is 3.19. The van der Waals surface area contributed by atoms with Gasteiger partial charge in [-0.25, -0.2) is 0 Å². The van der Waals surface area contributed by atoms with Gasteiger partial charge in [0, 0.05) is 12.1 Å². The van der Waals surface area contributed by atoms with E-state index < -0.39 is 0 Å². The largest absolute Gasteiger partial charge is 0.298 e. The molecule has 0 bridgehead atoms. The van der Waals surface area contributed by atoms with E-state index in [-0.39, 0.29) is 0 Å². The maximum atomic E-state index is 2.68. The second kappa shape index (κ2) is 7.37. The van der Waals surface area contributed by atoms with Gasteiger partial charge in [0.15, 0.2) is 0 Å². The van der Waals surface area contributed by atoms with Gasteiger partial charge >= 0.3 is 0 Å². The smallest absolute Gasteiger partial charge is 0.00928 e. The van der Waals surface area contributed by atoms with E-state index in [1.54, 1.807) is 0 Å². The van der Waals surface area contributed by atoms with Crippen LogP contribution in [0, 0.1) is 0 Å². The second-order valence-corrected chi connectivity index (χ2v) is 3.77. The maximum absolute atomic E-state index is 2.68. The molecular weight excluding hydrogens is 158 g/mol. The first-order valence-electron chi connectivity index (χ1n) is 6.00. The lowest BCUT2D eigenvalue weighted by Gasteiger charge is -2.35. The van der Waals surface area contributed by atoms with E-state index in [2.05, 4.69) is 39.5 Å². The van der Waals surface area contributed by atoms with Crippen LogP contribution in [0.15, 0.2) is 0 Å². The molecule has 1 nitrogen and oxygen atoms in total. The van der Waals surface area contributed by atoms with E-state index in [1.807, 2.05) is 0 Å². The van der Waals surface area contributed by atoms with E-state index in [1.165, 1.54) is 32.2 Å². The molecule has 0 aliphatic carbocycles. The first-order chi connectivity index (χ1) is 6.24. The molecule has 0 aliphatic heterocycles. The Kier molecular flexibility index (Phi) is 7.35. The van der Waals surface area contributed by atoms with Gasteiger partial charge in [0.1, 0.15) is 0 Å². The van der Waals surface area contributed by atoms with Gasteiger partial charge in [-0.05, 0) is 32.2 Å². The molecule has 0 aromatic heterocycles. The molecule has 0 heterocycles. The lowest BCUT2D eigenvalue weighted by Crippen LogP contribution is -2.42. The highest BCUT2D eigenvalue weighted by Gasteiger charge is 2.19. The average Bonchev–Trinajstić information content (AvgIpc) is 2.18. The lowest BCUT2D eigenvalue weighted by atomic mass is 10.0. The number of rotatable bonds is 7. The van der Waals surface area contributed by atoms with Crippen molar-refractivity contribution in [3.8, 4) is 0 Å². The second-order valence-electron chi connectivity index (χ2n) is 3.77. The minimum Gasteiger partial charge on any atom is -0.298 e. The van der Waals surface area contributed by atoms with E-state index in [0.29, 0.717) is 0 Å². The van der Waals surface area contributed by atoms with E-state index in [9.17, 15) is 0 Å². The van der Waals surface area contributed by atoms with Gasteiger partial charge in [0.05, 0.1) is 0 Å². The fourth-order valence-electron chi connectivity index (χ4n) is 2.33. The van der Waals surface area contributed by atoms with E-state index in [0.717, 1.165) is 12.1 Å². The zero-order valence-electron chi connectivity index (χ0n) is 10.1. The van der Waals surface area contributed by atoms with Crippen LogP contribution in [0.5, 0.6) is 0 Å². The van der Waals surface area contributed by atoms with Crippen LogP contribution in [0.2, 0.25) is 0 Å². The van der Waals surface area contributed by atoms with Crippen molar-refractivity contribution in [2.75, 3.05) is 6.54 Å². The molecule has 0 saturated heterocycles. The summed E-state index contributed by atoms with van der Waals surface area (Å²) in [5.74, 6) is 0. The van der Waals surface area contributed by atoms with Crippen molar-refractivity contribution < 1.29 is 0 Å². The highest BCUT2D eigenvalue weighted by atomic mass is 15.2. The zero-order valence-corrected chi connectivity index (χ0v) is 10.1. The molecule has 1 heteroatoms. The highest BCUT2D eigenvalue weighted by Crippen LogP contribution is 2.16. The van der Waals surface area contributed by atoms with Crippen LogP contribution < -0.4 is 0 Å². The van der Waals surface area contributed by atoms with Gasteiger partial charge < -0.3 is 0 Å². The lowest BCUT2D eigenvalue weighted by molar-refractivity contribution is 0.126. The van der Waals surface area contributed by atoms with Crippen molar-refractivity contribution in [2.24, 2.45) is 0 Å². The Morgan fingerprint density at radius 2 is 1.00 bits per heavy atom. The summed E-state index contributed by atoms with van der Waals surface area (Å²) in [6.07, 6.45) is 5.17. The van der Waals surface area contributed by atoms with Crippen LogP contribution in [-0.2, 0) is 0 Å². The summed E-state index contributed by atoms with van der Waals surface area (Å²) in [5.41, 5.74) is 0. The minimum atomic E-state index is 0.801. The summed E-state index contributed by atoms with van der Waals surface area (Å²) in [6, 6.07) is 1.60. The molecule has 0 saturated carbocycles. The summed E-state index contributed by atoms with van der Waals surface area (Å²) < 4.78 is 0. The predicted octanol–water partition coefficient (Wildman–Crippen LogP) is 3.69. The summed E-state index contributed by atoms with van der Waals surface area (Å²) >= 11 is 0. The van der Waals surface area contributed by atoms with Crippen LogP contribution in [0.3, 0.4) is 0 Å². The number of nitrogens with zero attached hydrogens (tertiary/aromatic N) is 1. The summed E-state index contributed by atoms with van der Waals surface area (Å²) in [6.45, 7) is 12.7. The Morgan fingerprint density at radius 1 is 0.692 bits per heavy atom. The topological polar surface area (TPSA) is 3.24 Å². The third-order valence-corrected chi connectivity index (χ3v) is 3.19. The molecule has 0 atom stereocenters. The SMILES string of the molecule is CCC(CC)N(CC)C(CC)CC. The zero-order chi connectivity index (χ0) is 10.3. The first-order valence-corrected chi connectivity index (χ1v) is 6.00. The molecule has 13 heavy (non-hydrogen) atoms. The van der Waals surface area contributed by atoms with Crippen molar-refractivity contribution in [3.63, 3.8) is 0 Å². The van der Waals surface area contributed by atoms with Crippen LogP contribution in [0.1, 0.15) is 60.3 Å². The Morgan fingerprint density at radius 3 is 1.15 bits per heavy atom. The van der Waals surface area contributed by atoms with Crippen LogP contribution >= 0.6 is 0 Å². The van der Waals surface area contributed by atoms with Gasteiger partial charge in [-0.2, -0.15) is 0 Å². The Bertz CT molecular complexity index is 91.7. The Balaban J connectivity index is 4.26. The van der Waals surface area contributed by atoms with Crippen molar-refractivity contribution in [1.29, 1.82) is 0 Å². The molecule has 0 amide bonds. The molecule has 0 aromatic carbocycles. The minimum absolute atomic E-state index is 0.801. The van der Waals surface area contributed by atoms with Gasteiger partial charge in [0.2, 0.25) is 0 Å². The number of hydrogen-bond acceptors (Lipinski definition) is 1. The van der Waals surface area contributed by atoms with Gasteiger partial charge in [-0.3, -0.25) is 4.90 Å². The van der Waals surface area contributed by atoms with Crippen LogP contribution in [0.4, 0.5) is 0 Å². The molecule has 0 radical (unpaired) electrons. The quantitative estimate of drug-likeness (QED) is 0.585. The van der Waals surface area contributed by atoms with Gasteiger partial charge in [-0.1, -0.05) is 34.6 Å². The molecule has 0 unspecified atom stereocenters. The van der Waals surface area contributed by atoms with Crippen LogP contribution in [0.25, 0.3) is 0 Å². The normalized spacial score (nSPS) is 12.0. The van der Waals surface area contributed by atoms with E-state index >= 15 is 0 Å². The summed E-state index contributed by atoms with van der Waals surface area (Å²) in [7, 11) is 0. The van der Waals surface area contributed by atoms with Crippen molar-refractivity contribution in [1.82, 2.24) is 4.90 Å². The standard InChI is InChI=1S/C12H27N/c1-6-11(7-2)13(10-5)12(8-3)9-4/h11-12H,6-10H2,1-5H3. The summed E-state index contributed by atoms with van der Waals surface area (Å²) in [4.78, 5) is 2.68. The molecule has 80 valence electrons. The van der Waals surface area contributed by atoms with Crippen molar-refractivity contribution >= 4 is 0 Å². The molecule has 0 rings (SSSR count). The first kappa shape index (κ1) is 13.0. The Hall–Kier alpha value is -0.0400. The molecule has 0 spiro atoms. The fourth-order valence-corrected chi connectivity index (χ4v) is 2.33. The highest BCUT2D eigenvalue weighted by molar-refractivity contribution is 4.75. The Labute approximate surface area is 84.5 Å². The molecule has 0 aliphatic rings. The van der Waals surface area contributed by atoms with Crippen LogP contribution in [-0.4, -0.2) is 23.5 Å². The van der Waals surface area contributed by atoms with Crippen molar-refractivity contribution in [2.45, 2.75) is 72.4 Å². The number of hydrogen-bond donors (Lipinski definition) is 0. The van der Waals surface area contributed by atoms with E-state index in [4.69, 9.17) is 0 Å².